The zero-order chi connectivity index (χ0) is 18.4. The number of nitrogens with zero attached hydrogens (tertiary/aromatic N) is 1. The lowest BCUT2D eigenvalue weighted by atomic mass is 10.3. The Morgan fingerprint density at radius 2 is 1.72 bits per heavy atom. The van der Waals surface area contributed by atoms with Gasteiger partial charge in [0.1, 0.15) is 30.0 Å². The number of carbonyl (C=O) groups is 1. The zero-order valence-electron chi connectivity index (χ0n) is 14.2. The van der Waals surface area contributed by atoms with E-state index in [0.29, 0.717) is 27.3 Å². The summed E-state index contributed by atoms with van der Waals surface area (Å²) in [4.78, 5) is 12.7. The SMILES string of the molecule is CC(COC(=O)N(C)C)Oc1ccc(Oc2ccc(Cl)cc2Cl)cc1. The second kappa shape index (κ2) is 8.83. The van der Waals surface area contributed by atoms with Gasteiger partial charge in [-0.15, -0.1) is 0 Å². The molecule has 0 radical (unpaired) electrons. The molecule has 0 aromatic heterocycles. The van der Waals surface area contributed by atoms with E-state index in [9.17, 15) is 4.79 Å². The second-order valence-corrected chi connectivity index (χ2v) is 6.39. The third kappa shape index (κ3) is 6.03. The highest BCUT2D eigenvalue weighted by Crippen LogP contribution is 2.32. The van der Waals surface area contributed by atoms with Gasteiger partial charge in [-0.25, -0.2) is 4.79 Å². The summed E-state index contributed by atoms with van der Waals surface area (Å²) in [6.07, 6.45) is -0.680. The third-order valence-corrected chi connectivity index (χ3v) is 3.62. The van der Waals surface area contributed by atoms with Crippen molar-refractivity contribution in [2.75, 3.05) is 20.7 Å². The lowest BCUT2D eigenvalue weighted by molar-refractivity contribution is 0.0734. The first-order valence-corrected chi connectivity index (χ1v) is 8.34. The monoisotopic (exact) mass is 383 g/mol. The van der Waals surface area contributed by atoms with Crippen LogP contribution in [-0.2, 0) is 4.74 Å². The Labute approximate surface area is 157 Å². The maximum Gasteiger partial charge on any atom is 0.409 e. The number of carbonyl (C=O) groups excluding carboxylic acids is 1. The maximum atomic E-state index is 11.4. The van der Waals surface area contributed by atoms with Crippen molar-refractivity contribution in [3.63, 3.8) is 0 Å². The normalized spacial score (nSPS) is 11.6. The van der Waals surface area contributed by atoms with Crippen molar-refractivity contribution in [2.24, 2.45) is 0 Å². The van der Waals surface area contributed by atoms with Crippen LogP contribution >= 0.6 is 23.2 Å². The van der Waals surface area contributed by atoms with Gasteiger partial charge in [-0.2, -0.15) is 0 Å². The highest BCUT2D eigenvalue weighted by atomic mass is 35.5. The fourth-order valence-electron chi connectivity index (χ4n) is 1.86. The van der Waals surface area contributed by atoms with Crippen LogP contribution in [0.5, 0.6) is 17.2 Å². The van der Waals surface area contributed by atoms with Gasteiger partial charge in [0.2, 0.25) is 0 Å². The van der Waals surface area contributed by atoms with Crippen molar-refractivity contribution in [1.82, 2.24) is 4.90 Å². The molecule has 2 aromatic carbocycles. The summed E-state index contributed by atoms with van der Waals surface area (Å²) in [5.41, 5.74) is 0. The molecule has 0 N–H and O–H groups in total. The number of rotatable bonds is 6. The fraction of sp³-hybridized carbons (Fsp3) is 0.278. The molecule has 0 heterocycles. The largest absolute Gasteiger partial charge is 0.487 e. The molecule has 25 heavy (non-hydrogen) atoms. The summed E-state index contributed by atoms with van der Waals surface area (Å²) in [5, 5.41) is 0.981. The van der Waals surface area contributed by atoms with Gasteiger partial charge in [0.25, 0.3) is 0 Å². The smallest absolute Gasteiger partial charge is 0.409 e. The van der Waals surface area contributed by atoms with Crippen LogP contribution in [0.1, 0.15) is 6.92 Å². The van der Waals surface area contributed by atoms with Crippen molar-refractivity contribution in [1.29, 1.82) is 0 Å². The van der Waals surface area contributed by atoms with Crippen molar-refractivity contribution in [3.8, 4) is 17.2 Å². The Kier molecular flexibility index (Phi) is 6.79. The topological polar surface area (TPSA) is 48.0 Å². The highest BCUT2D eigenvalue weighted by molar-refractivity contribution is 6.35. The van der Waals surface area contributed by atoms with Gasteiger partial charge in [0.05, 0.1) is 5.02 Å². The molecule has 1 unspecified atom stereocenters. The van der Waals surface area contributed by atoms with Gasteiger partial charge in [0.15, 0.2) is 0 Å². The van der Waals surface area contributed by atoms with Gasteiger partial charge in [-0.05, 0) is 49.4 Å². The van der Waals surface area contributed by atoms with E-state index in [1.807, 2.05) is 6.92 Å². The Balaban J connectivity index is 1.90. The summed E-state index contributed by atoms with van der Waals surface area (Å²) >= 11 is 11.9. The number of amides is 1. The third-order valence-electron chi connectivity index (χ3n) is 3.09. The van der Waals surface area contributed by atoms with E-state index in [0.717, 1.165) is 0 Å². The van der Waals surface area contributed by atoms with Crippen LogP contribution in [0, 0.1) is 0 Å². The molecule has 0 bridgehead atoms. The van der Waals surface area contributed by atoms with Crippen LogP contribution in [0.3, 0.4) is 0 Å². The summed E-state index contributed by atoms with van der Waals surface area (Å²) in [6.45, 7) is 1.98. The number of halogens is 2. The molecule has 0 fully saturated rings. The van der Waals surface area contributed by atoms with Crippen LogP contribution < -0.4 is 9.47 Å². The Morgan fingerprint density at radius 3 is 2.32 bits per heavy atom. The van der Waals surface area contributed by atoms with Crippen molar-refractivity contribution >= 4 is 29.3 Å². The molecule has 0 saturated heterocycles. The molecule has 2 aromatic rings. The first-order chi connectivity index (χ1) is 11.8. The van der Waals surface area contributed by atoms with Gasteiger partial charge < -0.3 is 19.1 Å². The second-order valence-electron chi connectivity index (χ2n) is 5.55. The summed E-state index contributed by atoms with van der Waals surface area (Å²) in [5.74, 6) is 1.77. The van der Waals surface area contributed by atoms with Crippen molar-refractivity contribution in [2.45, 2.75) is 13.0 Å². The van der Waals surface area contributed by atoms with Gasteiger partial charge in [-0.3, -0.25) is 0 Å². The standard InChI is InChI=1S/C18H19Cl2NO4/c1-12(11-23-18(22)21(2)3)24-14-5-7-15(8-6-14)25-17-9-4-13(19)10-16(17)20/h4-10,12H,11H2,1-3H3. The summed E-state index contributed by atoms with van der Waals surface area (Å²) in [7, 11) is 3.25. The molecule has 1 atom stereocenters. The summed E-state index contributed by atoms with van der Waals surface area (Å²) < 4.78 is 16.5. The van der Waals surface area contributed by atoms with E-state index in [-0.39, 0.29) is 12.7 Å². The Hall–Kier alpha value is -2.11. The van der Waals surface area contributed by atoms with E-state index < -0.39 is 6.09 Å². The molecule has 7 heteroatoms. The average molecular weight is 384 g/mol. The molecule has 134 valence electrons. The van der Waals surface area contributed by atoms with Crippen LogP contribution in [0.25, 0.3) is 0 Å². The average Bonchev–Trinajstić information content (AvgIpc) is 2.56. The van der Waals surface area contributed by atoms with Crippen LogP contribution in [0.2, 0.25) is 10.0 Å². The van der Waals surface area contributed by atoms with Gasteiger partial charge >= 0.3 is 6.09 Å². The maximum absolute atomic E-state index is 11.4. The molecule has 1 amide bonds. The number of hydrogen-bond donors (Lipinski definition) is 0. The highest BCUT2D eigenvalue weighted by Gasteiger charge is 2.10. The van der Waals surface area contributed by atoms with E-state index in [1.54, 1.807) is 56.6 Å². The van der Waals surface area contributed by atoms with E-state index in [1.165, 1.54) is 4.90 Å². The predicted molar refractivity (Wildman–Crippen MR) is 98.1 cm³/mol. The minimum Gasteiger partial charge on any atom is -0.487 e. The predicted octanol–water partition coefficient (Wildman–Crippen LogP) is 5.25. The van der Waals surface area contributed by atoms with Crippen LogP contribution in [0.4, 0.5) is 4.79 Å². The molecule has 0 saturated carbocycles. The molecule has 2 rings (SSSR count). The van der Waals surface area contributed by atoms with Crippen LogP contribution in [-0.4, -0.2) is 37.8 Å². The van der Waals surface area contributed by atoms with Gasteiger partial charge in [0, 0.05) is 19.1 Å². The van der Waals surface area contributed by atoms with E-state index in [4.69, 9.17) is 37.4 Å². The lowest BCUT2D eigenvalue weighted by Crippen LogP contribution is -2.28. The minimum absolute atomic E-state index is 0.162. The number of benzene rings is 2. The number of hydrogen-bond acceptors (Lipinski definition) is 4. The lowest BCUT2D eigenvalue weighted by Gasteiger charge is -2.17. The molecule has 0 aliphatic carbocycles. The molecule has 0 spiro atoms. The van der Waals surface area contributed by atoms with Gasteiger partial charge in [-0.1, -0.05) is 23.2 Å². The fourth-order valence-corrected chi connectivity index (χ4v) is 2.30. The first-order valence-electron chi connectivity index (χ1n) is 7.59. The van der Waals surface area contributed by atoms with Crippen LogP contribution in [0.15, 0.2) is 42.5 Å². The molecule has 0 aliphatic heterocycles. The van der Waals surface area contributed by atoms with Crippen molar-refractivity contribution in [3.05, 3.63) is 52.5 Å². The number of ether oxygens (including phenoxy) is 3. The Bertz CT molecular complexity index is 720. The minimum atomic E-state index is -0.404. The van der Waals surface area contributed by atoms with E-state index >= 15 is 0 Å². The molecular weight excluding hydrogens is 365 g/mol. The quantitative estimate of drug-likeness (QED) is 0.683. The first kappa shape index (κ1) is 19.2. The Morgan fingerprint density at radius 1 is 1.08 bits per heavy atom. The molecule has 5 nitrogen and oxygen atoms in total. The zero-order valence-corrected chi connectivity index (χ0v) is 15.7. The summed E-state index contributed by atoms with van der Waals surface area (Å²) in [6, 6.07) is 12.1. The molecule has 0 aliphatic rings. The van der Waals surface area contributed by atoms with Crippen molar-refractivity contribution < 1.29 is 19.0 Å². The van der Waals surface area contributed by atoms with E-state index in [2.05, 4.69) is 0 Å². The molecular formula is C18H19Cl2NO4.